The number of nitrogens with one attached hydrogen (secondary N) is 1. The molecule has 1 aliphatic carbocycles. The Morgan fingerprint density at radius 3 is 2.48 bits per heavy atom. The van der Waals surface area contributed by atoms with E-state index in [1.54, 1.807) is 12.5 Å². The van der Waals surface area contributed by atoms with Gasteiger partial charge in [0, 0.05) is 55.2 Å². The average Bonchev–Trinajstić information content (AvgIpc) is 3.84. The average molecular weight is 672 g/mol. The van der Waals surface area contributed by atoms with Gasteiger partial charge in [0.15, 0.2) is 5.78 Å². The van der Waals surface area contributed by atoms with Crippen LogP contribution >= 0.6 is 22.9 Å². The first-order chi connectivity index (χ1) is 22.2. The monoisotopic (exact) mass is 671 g/mol. The molecule has 0 spiro atoms. The van der Waals surface area contributed by atoms with Crippen molar-refractivity contribution in [2.75, 3.05) is 38.6 Å². The highest BCUT2D eigenvalue weighted by molar-refractivity contribution is 7.17. The number of ether oxygens (including phenoxy) is 2. The number of amides is 1. The molecule has 6 rings (SSSR count). The van der Waals surface area contributed by atoms with Crippen LogP contribution in [0.4, 0.5) is 10.1 Å². The van der Waals surface area contributed by atoms with Crippen LogP contribution in [-0.4, -0.2) is 83.9 Å². The molecule has 2 atom stereocenters. The van der Waals surface area contributed by atoms with Crippen LogP contribution in [0.3, 0.4) is 0 Å². The summed E-state index contributed by atoms with van der Waals surface area (Å²) in [7, 11) is 1.65. The van der Waals surface area contributed by atoms with E-state index >= 15 is 4.39 Å². The fraction of sp³-hybridized carbons (Fsp3) is 0.500. The van der Waals surface area contributed by atoms with Gasteiger partial charge < -0.3 is 19.9 Å². The summed E-state index contributed by atoms with van der Waals surface area (Å²) in [5.74, 6) is -4.03. The number of hydrogen-bond acceptors (Lipinski definition) is 8. The Morgan fingerprint density at radius 1 is 1.04 bits per heavy atom. The number of nitrogens with zero attached hydrogens (tertiary/aromatic N) is 2. The summed E-state index contributed by atoms with van der Waals surface area (Å²) in [5.41, 5.74) is 0.704. The number of rotatable bonds is 11. The molecule has 2 saturated heterocycles. The maximum absolute atomic E-state index is 15.8. The van der Waals surface area contributed by atoms with Gasteiger partial charge in [-0.2, -0.15) is 0 Å². The van der Waals surface area contributed by atoms with Gasteiger partial charge in [-0.1, -0.05) is 29.8 Å². The highest BCUT2D eigenvalue weighted by Crippen LogP contribution is 2.38. The predicted octanol–water partition coefficient (Wildman–Crippen LogP) is 6.19. The Bertz CT molecular complexity index is 1600. The van der Waals surface area contributed by atoms with Gasteiger partial charge in [0.2, 0.25) is 5.85 Å². The maximum atomic E-state index is 15.8. The van der Waals surface area contributed by atoms with E-state index in [4.69, 9.17) is 21.1 Å². The molecule has 2 aliphatic heterocycles. The zero-order valence-electron chi connectivity index (χ0n) is 25.8. The number of thiophene rings is 1. The van der Waals surface area contributed by atoms with Gasteiger partial charge >= 0.3 is 5.97 Å². The van der Waals surface area contributed by atoms with Crippen LogP contribution in [0.25, 0.3) is 10.1 Å². The summed E-state index contributed by atoms with van der Waals surface area (Å²) in [6, 6.07) is 10.1. The van der Waals surface area contributed by atoms with E-state index in [2.05, 4.69) is 10.2 Å². The number of benzene rings is 2. The summed E-state index contributed by atoms with van der Waals surface area (Å²) in [5, 5.41) is 14.9. The Labute approximate surface area is 276 Å². The standard InChI is InChI=1S/C34H39ClFN3O6S/c1-44-24-12-15-39(19-24)34(38-13-4-5-14-38,45-23-10-8-21(9-11-23)33(42)43)31(40)17-22-16-27(35)29(18-28(22)36)37-32(41)26-20-46-30-7-3-2-6-25(26)30/h2-3,6-7,16,18,20-21,23-24H,4-5,8-15,17,19H2,1H3,(H,37,41)(H,42,43)/t21?,23?,24-,34?/m1/s1. The Kier molecular flexibility index (Phi) is 10.1. The quantitative estimate of drug-likeness (QED) is 0.249. The molecular weight excluding hydrogens is 633 g/mol. The van der Waals surface area contributed by atoms with E-state index in [0.717, 1.165) is 29.3 Å². The van der Waals surface area contributed by atoms with Crippen molar-refractivity contribution >= 4 is 56.4 Å². The lowest BCUT2D eigenvalue weighted by atomic mass is 9.87. The first-order valence-electron chi connectivity index (χ1n) is 15.9. The predicted molar refractivity (Wildman–Crippen MR) is 175 cm³/mol. The number of likely N-dealkylation sites (tertiary alicyclic amines) is 2. The Morgan fingerprint density at radius 2 is 1.78 bits per heavy atom. The van der Waals surface area contributed by atoms with E-state index in [1.807, 2.05) is 29.2 Å². The van der Waals surface area contributed by atoms with E-state index in [9.17, 15) is 19.5 Å². The summed E-state index contributed by atoms with van der Waals surface area (Å²) >= 11 is 8.05. The molecule has 3 heterocycles. The SMILES string of the molecule is CO[C@@H]1CCN(C(OC2CCC(C(=O)O)CC2)(C(=O)Cc2cc(Cl)c(NC(=O)c3csc4ccccc34)cc2F)N2CCCC2)C1. The fourth-order valence-corrected chi connectivity index (χ4v) is 8.27. The molecular formula is C34H39ClFN3O6S. The fourth-order valence-electron chi connectivity index (χ4n) is 7.09. The molecule has 2 N–H and O–H groups in total. The minimum absolute atomic E-state index is 0.0736. The molecule has 46 heavy (non-hydrogen) atoms. The lowest BCUT2D eigenvalue weighted by Crippen LogP contribution is -2.67. The van der Waals surface area contributed by atoms with Gasteiger partial charge in [-0.3, -0.25) is 24.2 Å². The number of carbonyl (C=O) groups is 3. The van der Waals surface area contributed by atoms with Crippen LogP contribution in [0.2, 0.25) is 5.02 Å². The molecule has 3 aliphatic rings. The van der Waals surface area contributed by atoms with Crippen LogP contribution in [-0.2, 0) is 25.5 Å². The lowest BCUT2D eigenvalue weighted by Gasteiger charge is -2.48. The number of carboxylic acid groups (broad SMARTS) is 1. The van der Waals surface area contributed by atoms with E-state index in [1.165, 1.54) is 23.5 Å². The van der Waals surface area contributed by atoms with E-state index in [0.29, 0.717) is 57.4 Å². The van der Waals surface area contributed by atoms with Crippen molar-refractivity contribution in [3.63, 3.8) is 0 Å². The molecule has 1 saturated carbocycles. The molecule has 1 unspecified atom stereocenters. The van der Waals surface area contributed by atoms with Gasteiger partial charge in [-0.05, 0) is 68.7 Å². The molecule has 2 aromatic carbocycles. The number of anilines is 1. The highest BCUT2D eigenvalue weighted by atomic mass is 35.5. The normalized spacial score (nSPS) is 23.8. The second-order valence-electron chi connectivity index (χ2n) is 12.4. The van der Waals surface area contributed by atoms with Crippen molar-refractivity contribution in [2.24, 2.45) is 5.92 Å². The number of fused-ring (bicyclic) bond motifs is 1. The minimum Gasteiger partial charge on any atom is -0.481 e. The van der Waals surface area contributed by atoms with Gasteiger partial charge in [-0.25, -0.2) is 4.39 Å². The molecule has 1 aromatic heterocycles. The number of ketones is 1. The van der Waals surface area contributed by atoms with Crippen LogP contribution < -0.4 is 5.32 Å². The van der Waals surface area contributed by atoms with Crippen molar-refractivity contribution in [2.45, 2.75) is 69.4 Å². The lowest BCUT2D eigenvalue weighted by molar-refractivity contribution is -0.253. The van der Waals surface area contributed by atoms with Crippen molar-refractivity contribution in [1.82, 2.24) is 9.80 Å². The number of hydrogen-bond donors (Lipinski definition) is 2. The Balaban J connectivity index is 1.27. The number of methoxy groups -OCH3 is 1. The minimum atomic E-state index is -1.45. The van der Waals surface area contributed by atoms with Crippen molar-refractivity contribution < 1.29 is 33.4 Å². The summed E-state index contributed by atoms with van der Waals surface area (Å²) in [4.78, 5) is 43.5. The smallest absolute Gasteiger partial charge is 0.306 e. The number of Topliss-reactive ketones (excluding diaryl/α,β-unsaturated/α-hetero) is 1. The van der Waals surface area contributed by atoms with Crippen LogP contribution in [0.5, 0.6) is 0 Å². The topological polar surface area (TPSA) is 108 Å². The second kappa shape index (κ2) is 14.0. The third-order valence-corrected chi connectivity index (χ3v) is 10.9. The molecule has 0 radical (unpaired) electrons. The maximum Gasteiger partial charge on any atom is 0.306 e. The molecule has 3 aromatic rings. The van der Waals surface area contributed by atoms with Gasteiger partial charge in [-0.15, -0.1) is 11.3 Å². The number of aliphatic carboxylic acids is 1. The molecule has 3 fully saturated rings. The summed E-state index contributed by atoms with van der Waals surface area (Å²) in [6.07, 6.45) is 3.86. The third-order valence-electron chi connectivity index (χ3n) is 9.62. The number of carboxylic acids is 1. The zero-order valence-corrected chi connectivity index (χ0v) is 27.4. The second-order valence-corrected chi connectivity index (χ2v) is 13.8. The molecule has 9 nitrogen and oxygen atoms in total. The first-order valence-corrected chi connectivity index (χ1v) is 17.2. The van der Waals surface area contributed by atoms with Crippen LogP contribution in [0.15, 0.2) is 41.8 Å². The van der Waals surface area contributed by atoms with Crippen LogP contribution in [0, 0.1) is 11.7 Å². The van der Waals surface area contributed by atoms with Crippen LogP contribution in [0.1, 0.15) is 60.9 Å². The van der Waals surface area contributed by atoms with E-state index < -0.39 is 29.5 Å². The van der Waals surface area contributed by atoms with Gasteiger partial charge in [0.1, 0.15) is 5.82 Å². The van der Waals surface area contributed by atoms with Gasteiger partial charge in [0.25, 0.3) is 5.91 Å². The molecule has 0 bridgehead atoms. The largest absolute Gasteiger partial charge is 0.481 e. The molecule has 12 heteroatoms. The van der Waals surface area contributed by atoms with Gasteiger partial charge in [0.05, 0.1) is 34.4 Å². The Hall–Kier alpha value is -2.93. The first kappa shape index (κ1) is 33.0. The summed E-state index contributed by atoms with van der Waals surface area (Å²) < 4.78 is 29.3. The van der Waals surface area contributed by atoms with E-state index in [-0.39, 0.29) is 40.7 Å². The third kappa shape index (κ3) is 6.58. The van der Waals surface area contributed by atoms with Crippen molar-refractivity contribution in [3.05, 3.63) is 63.7 Å². The van der Waals surface area contributed by atoms with Crippen molar-refractivity contribution in [1.29, 1.82) is 0 Å². The number of carbonyl (C=O) groups excluding carboxylic acids is 2. The zero-order chi connectivity index (χ0) is 32.4. The summed E-state index contributed by atoms with van der Waals surface area (Å²) in [6.45, 7) is 2.34. The highest BCUT2D eigenvalue weighted by Gasteiger charge is 2.54. The van der Waals surface area contributed by atoms with Crippen molar-refractivity contribution in [3.8, 4) is 0 Å². The molecule has 246 valence electrons. The molecule has 1 amide bonds. The number of halogens is 2.